The van der Waals surface area contributed by atoms with Crippen LogP contribution in [0.5, 0.6) is 0 Å². The van der Waals surface area contributed by atoms with Crippen LogP contribution in [0, 0.1) is 0 Å². The molecule has 1 saturated heterocycles. The maximum Gasteiger partial charge on any atom is 0.274 e. The summed E-state index contributed by atoms with van der Waals surface area (Å²) in [6, 6.07) is 12.6. The molecule has 2 amide bonds. The van der Waals surface area contributed by atoms with Crippen molar-refractivity contribution in [3.05, 3.63) is 59.4 Å². The maximum absolute atomic E-state index is 12.6. The molecule has 6 heteroatoms. The second-order valence-corrected chi connectivity index (χ2v) is 6.51. The lowest BCUT2D eigenvalue weighted by Crippen LogP contribution is -2.41. The number of nitrogens with zero attached hydrogens (tertiary/aromatic N) is 2. The molecular formula is C20H23N3O3. The van der Waals surface area contributed by atoms with E-state index in [1.807, 2.05) is 24.3 Å². The van der Waals surface area contributed by atoms with Gasteiger partial charge in [-0.05, 0) is 29.7 Å². The third kappa shape index (κ3) is 4.08. The summed E-state index contributed by atoms with van der Waals surface area (Å²) in [7, 11) is 0. The fourth-order valence-electron chi connectivity index (χ4n) is 2.91. The van der Waals surface area contributed by atoms with Gasteiger partial charge in [-0.25, -0.2) is 4.98 Å². The Morgan fingerprint density at radius 1 is 1.04 bits per heavy atom. The van der Waals surface area contributed by atoms with Crippen LogP contribution in [0.2, 0.25) is 0 Å². The quantitative estimate of drug-likeness (QED) is 0.917. The number of aromatic nitrogens is 1. The lowest BCUT2D eigenvalue weighted by atomic mass is 10.0. The van der Waals surface area contributed by atoms with Gasteiger partial charge in [0.05, 0.1) is 13.2 Å². The molecule has 136 valence electrons. The molecule has 2 heterocycles. The third-order valence-electron chi connectivity index (χ3n) is 4.33. The first-order valence-electron chi connectivity index (χ1n) is 8.80. The van der Waals surface area contributed by atoms with Crippen molar-refractivity contribution >= 4 is 17.5 Å². The molecule has 6 nitrogen and oxygen atoms in total. The molecule has 0 aliphatic carbocycles. The minimum absolute atomic E-state index is 0.175. The van der Waals surface area contributed by atoms with Gasteiger partial charge in [0.2, 0.25) is 0 Å². The van der Waals surface area contributed by atoms with Gasteiger partial charge in [-0.15, -0.1) is 0 Å². The number of pyridine rings is 1. The summed E-state index contributed by atoms with van der Waals surface area (Å²) in [5, 5.41) is 2.91. The average molecular weight is 353 g/mol. The lowest BCUT2D eigenvalue weighted by molar-refractivity contribution is 0.0299. The Morgan fingerprint density at radius 3 is 2.46 bits per heavy atom. The third-order valence-corrected chi connectivity index (χ3v) is 4.33. The van der Waals surface area contributed by atoms with Crippen molar-refractivity contribution in [2.24, 2.45) is 0 Å². The molecule has 1 fully saturated rings. The molecule has 0 unspecified atom stereocenters. The lowest BCUT2D eigenvalue weighted by Gasteiger charge is -2.26. The van der Waals surface area contributed by atoms with E-state index in [9.17, 15) is 9.59 Å². The van der Waals surface area contributed by atoms with E-state index in [1.54, 1.807) is 23.1 Å². The number of rotatable bonds is 4. The van der Waals surface area contributed by atoms with Crippen molar-refractivity contribution in [2.75, 3.05) is 31.6 Å². The molecule has 2 aromatic rings. The van der Waals surface area contributed by atoms with E-state index in [0.29, 0.717) is 26.3 Å². The number of amides is 2. The van der Waals surface area contributed by atoms with Gasteiger partial charge in [-0.3, -0.25) is 9.59 Å². The van der Waals surface area contributed by atoms with E-state index in [4.69, 9.17) is 4.74 Å². The smallest absolute Gasteiger partial charge is 0.274 e. The van der Waals surface area contributed by atoms with E-state index < -0.39 is 0 Å². The molecule has 0 atom stereocenters. The Balaban J connectivity index is 1.77. The first-order valence-corrected chi connectivity index (χ1v) is 8.80. The summed E-state index contributed by atoms with van der Waals surface area (Å²) < 4.78 is 5.27. The van der Waals surface area contributed by atoms with Crippen molar-refractivity contribution in [3.8, 4) is 0 Å². The molecule has 1 aliphatic rings. The predicted octanol–water partition coefficient (Wildman–Crippen LogP) is 2.93. The number of ether oxygens (including phenoxy) is 1. The first-order chi connectivity index (χ1) is 12.6. The molecular weight excluding hydrogens is 330 g/mol. The average Bonchev–Trinajstić information content (AvgIpc) is 2.68. The number of benzene rings is 1. The Kier molecular flexibility index (Phi) is 5.63. The zero-order valence-corrected chi connectivity index (χ0v) is 15.1. The molecule has 26 heavy (non-hydrogen) atoms. The van der Waals surface area contributed by atoms with Crippen LogP contribution in [0.1, 0.15) is 46.3 Å². The minimum Gasteiger partial charge on any atom is -0.378 e. The monoisotopic (exact) mass is 353 g/mol. The van der Waals surface area contributed by atoms with Gasteiger partial charge < -0.3 is 15.0 Å². The van der Waals surface area contributed by atoms with Crippen LogP contribution in [-0.4, -0.2) is 48.0 Å². The largest absolute Gasteiger partial charge is 0.378 e. The van der Waals surface area contributed by atoms with Crippen LogP contribution in [-0.2, 0) is 4.74 Å². The Morgan fingerprint density at radius 2 is 1.73 bits per heavy atom. The summed E-state index contributed by atoms with van der Waals surface area (Å²) in [6.07, 6.45) is 0. The van der Waals surface area contributed by atoms with Crippen LogP contribution in [0.15, 0.2) is 42.5 Å². The summed E-state index contributed by atoms with van der Waals surface area (Å²) in [4.78, 5) is 31.1. The van der Waals surface area contributed by atoms with Crippen molar-refractivity contribution in [2.45, 2.75) is 19.8 Å². The van der Waals surface area contributed by atoms with Gasteiger partial charge in [-0.1, -0.05) is 38.1 Å². The van der Waals surface area contributed by atoms with Gasteiger partial charge in [0.1, 0.15) is 11.4 Å². The highest BCUT2D eigenvalue weighted by atomic mass is 16.5. The number of hydrogen-bond donors (Lipinski definition) is 1. The van der Waals surface area contributed by atoms with E-state index in [1.165, 1.54) is 0 Å². The molecule has 1 aliphatic heterocycles. The van der Waals surface area contributed by atoms with Crippen molar-refractivity contribution in [3.63, 3.8) is 0 Å². The van der Waals surface area contributed by atoms with E-state index in [-0.39, 0.29) is 29.1 Å². The highest BCUT2D eigenvalue weighted by Crippen LogP contribution is 2.24. The van der Waals surface area contributed by atoms with Crippen molar-refractivity contribution < 1.29 is 14.3 Å². The minimum atomic E-state index is -0.324. The molecule has 1 N–H and O–H groups in total. The topological polar surface area (TPSA) is 71.5 Å². The number of para-hydroxylation sites is 1. The maximum atomic E-state index is 12.6. The Labute approximate surface area is 153 Å². The molecule has 0 bridgehead atoms. The fraction of sp³-hybridized carbons (Fsp3) is 0.350. The number of hydrogen-bond acceptors (Lipinski definition) is 4. The van der Waals surface area contributed by atoms with Crippen LogP contribution >= 0.6 is 0 Å². The number of nitrogens with one attached hydrogen (secondary N) is 1. The van der Waals surface area contributed by atoms with E-state index in [0.717, 1.165) is 11.3 Å². The molecule has 3 rings (SSSR count). The zero-order valence-electron chi connectivity index (χ0n) is 15.1. The number of anilines is 1. The van der Waals surface area contributed by atoms with Gasteiger partial charge in [0.15, 0.2) is 0 Å². The molecule has 0 spiro atoms. The summed E-state index contributed by atoms with van der Waals surface area (Å²) in [5.74, 6) is -0.214. The first kappa shape index (κ1) is 18.1. The van der Waals surface area contributed by atoms with Gasteiger partial charge in [0.25, 0.3) is 11.8 Å². The standard InChI is InChI=1S/C20H23N3O3/c1-14(2)15-6-3-4-7-16(15)22-19(24)17-8-5-9-18(21-17)20(25)23-10-12-26-13-11-23/h3-9,14H,10-13H2,1-2H3,(H,22,24). The zero-order chi connectivity index (χ0) is 18.5. The second-order valence-electron chi connectivity index (χ2n) is 6.51. The Hall–Kier alpha value is -2.73. The van der Waals surface area contributed by atoms with Gasteiger partial charge in [-0.2, -0.15) is 0 Å². The number of carbonyl (C=O) groups excluding carboxylic acids is 2. The summed E-state index contributed by atoms with van der Waals surface area (Å²) in [6.45, 7) is 6.28. The second kappa shape index (κ2) is 8.10. The van der Waals surface area contributed by atoms with Crippen molar-refractivity contribution in [1.29, 1.82) is 0 Å². The SMILES string of the molecule is CC(C)c1ccccc1NC(=O)c1cccc(C(=O)N2CCOCC2)n1. The summed E-state index contributed by atoms with van der Waals surface area (Å²) >= 11 is 0. The van der Waals surface area contributed by atoms with E-state index >= 15 is 0 Å². The van der Waals surface area contributed by atoms with Crippen LogP contribution in [0.4, 0.5) is 5.69 Å². The molecule has 0 saturated carbocycles. The van der Waals surface area contributed by atoms with Crippen LogP contribution in [0.25, 0.3) is 0 Å². The highest BCUT2D eigenvalue weighted by Gasteiger charge is 2.21. The van der Waals surface area contributed by atoms with Crippen LogP contribution in [0.3, 0.4) is 0 Å². The fourth-order valence-corrected chi connectivity index (χ4v) is 2.91. The predicted molar refractivity (Wildman–Crippen MR) is 99.4 cm³/mol. The molecule has 0 radical (unpaired) electrons. The highest BCUT2D eigenvalue weighted by molar-refractivity contribution is 6.04. The summed E-state index contributed by atoms with van der Waals surface area (Å²) in [5.41, 5.74) is 2.32. The van der Waals surface area contributed by atoms with Crippen molar-refractivity contribution in [1.82, 2.24) is 9.88 Å². The van der Waals surface area contributed by atoms with Gasteiger partial charge >= 0.3 is 0 Å². The van der Waals surface area contributed by atoms with Crippen LogP contribution < -0.4 is 5.32 Å². The Bertz CT molecular complexity index is 798. The molecule has 1 aromatic carbocycles. The normalized spacial score (nSPS) is 14.3. The number of morpholine rings is 1. The van der Waals surface area contributed by atoms with E-state index in [2.05, 4.69) is 24.1 Å². The number of carbonyl (C=O) groups is 2. The van der Waals surface area contributed by atoms with Gasteiger partial charge in [0, 0.05) is 18.8 Å². The molecule has 1 aromatic heterocycles.